The number of carbonyl (C=O) groups is 2. The van der Waals surface area contributed by atoms with Gasteiger partial charge in [-0.25, -0.2) is 4.79 Å². The van der Waals surface area contributed by atoms with Gasteiger partial charge in [-0.1, -0.05) is 48.9 Å². The van der Waals surface area contributed by atoms with Gasteiger partial charge < -0.3 is 34.9 Å². The Hall–Kier alpha value is -3.51. The molecule has 0 bridgehead atoms. The lowest BCUT2D eigenvalue weighted by Gasteiger charge is -2.29. The molecule has 0 saturated carbocycles. The third-order valence-corrected chi connectivity index (χ3v) is 8.51. The number of nitrogens with one attached hydrogen (secondary N) is 3. The molecule has 2 aliphatic heterocycles. The summed E-state index contributed by atoms with van der Waals surface area (Å²) in [5.41, 5.74) is 1.01. The predicted octanol–water partition coefficient (Wildman–Crippen LogP) is 3.51. The highest BCUT2D eigenvalue weighted by molar-refractivity contribution is 7.97. The van der Waals surface area contributed by atoms with E-state index in [-0.39, 0.29) is 24.6 Å². The molecule has 11 heteroatoms. The van der Waals surface area contributed by atoms with E-state index in [1.165, 1.54) is 11.9 Å². The van der Waals surface area contributed by atoms with Crippen LogP contribution in [0.3, 0.4) is 0 Å². The van der Waals surface area contributed by atoms with Gasteiger partial charge >= 0.3 is 6.03 Å². The molecule has 5 rings (SSSR count). The van der Waals surface area contributed by atoms with Gasteiger partial charge in [0, 0.05) is 37.0 Å². The zero-order valence-corrected chi connectivity index (χ0v) is 25.1. The molecule has 0 radical (unpaired) electrons. The van der Waals surface area contributed by atoms with Crippen molar-refractivity contribution in [3.05, 3.63) is 66.2 Å². The van der Waals surface area contributed by atoms with E-state index in [4.69, 9.17) is 14.2 Å². The Morgan fingerprint density at radius 2 is 1.72 bits per heavy atom. The van der Waals surface area contributed by atoms with Crippen LogP contribution >= 0.6 is 11.9 Å². The van der Waals surface area contributed by atoms with Gasteiger partial charge in [-0.3, -0.25) is 9.52 Å². The first-order valence-electron chi connectivity index (χ1n) is 14.9. The second kappa shape index (κ2) is 15.8. The average Bonchev–Trinajstić information content (AvgIpc) is 3.06. The Balaban J connectivity index is 1.11. The number of amides is 3. The highest BCUT2D eigenvalue weighted by atomic mass is 32.2. The lowest BCUT2D eigenvalue weighted by atomic mass is 9.98. The number of morpholine rings is 1. The number of benzene rings is 3. The maximum Gasteiger partial charge on any atom is 0.318 e. The van der Waals surface area contributed by atoms with Crippen LogP contribution in [0, 0.1) is 0 Å². The van der Waals surface area contributed by atoms with Gasteiger partial charge in [0.05, 0.1) is 19.8 Å². The van der Waals surface area contributed by atoms with Gasteiger partial charge in [0.2, 0.25) is 5.91 Å². The molecule has 3 aromatic carbocycles. The molecule has 4 N–H and O–H groups in total. The van der Waals surface area contributed by atoms with Crippen LogP contribution in [0.15, 0.2) is 65.6 Å². The molecule has 2 atom stereocenters. The van der Waals surface area contributed by atoms with Crippen molar-refractivity contribution in [2.45, 2.75) is 42.7 Å². The maximum atomic E-state index is 13.4. The lowest BCUT2D eigenvalue weighted by Crippen LogP contribution is -2.54. The first-order valence-corrected chi connectivity index (χ1v) is 15.7. The van der Waals surface area contributed by atoms with Crippen LogP contribution in [0.1, 0.15) is 24.8 Å². The molecular weight excluding hydrogens is 568 g/mol. The van der Waals surface area contributed by atoms with Gasteiger partial charge in [-0.2, -0.15) is 0 Å². The maximum absolute atomic E-state index is 13.4. The molecule has 230 valence electrons. The van der Waals surface area contributed by atoms with Crippen molar-refractivity contribution >= 4 is 34.7 Å². The number of carbonyl (C=O) groups excluding carboxylic acids is 2. The topological polar surface area (TPSA) is 121 Å². The summed E-state index contributed by atoms with van der Waals surface area (Å²) in [5, 5.41) is 18.0. The largest absolute Gasteiger partial charge is 0.486 e. The van der Waals surface area contributed by atoms with E-state index < -0.39 is 6.04 Å². The summed E-state index contributed by atoms with van der Waals surface area (Å²) in [6, 6.07) is 18.8. The Kier molecular flexibility index (Phi) is 11.4. The summed E-state index contributed by atoms with van der Waals surface area (Å²) in [6.07, 6.45) is 2.69. The zero-order chi connectivity index (χ0) is 29.9. The SMILES string of the molecule is O=C(NCCCC[C@@H](CO)NSc1ccc2c(c1)OCCO2)[C@@H](Cc1cccc2ccccc12)NC(=O)N1CCOCC1. The van der Waals surface area contributed by atoms with Crippen molar-refractivity contribution in [1.82, 2.24) is 20.3 Å². The summed E-state index contributed by atoms with van der Waals surface area (Å²) >= 11 is 1.45. The van der Waals surface area contributed by atoms with Crippen LogP contribution in [-0.2, 0) is 16.0 Å². The lowest BCUT2D eigenvalue weighted by molar-refractivity contribution is -0.123. The van der Waals surface area contributed by atoms with Crippen molar-refractivity contribution in [1.29, 1.82) is 0 Å². The average molecular weight is 609 g/mol. The standard InChI is InChI=1S/C32H40N4O6S/c37-22-25(35-43-26-11-12-29-30(21-26)42-19-18-41-29)9-3-4-13-33-31(38)28(34-32(39)36-14-16-40-17-15-36)20-24-8-5-7-23-6-1-2-10-27(23)24/h1-2,5-8,10-12,21,25,28,35,37H,3-4,9,13-20,22H2,(H,33,38)(H,34,39)/t25-,28+/m0/s1. The van der Waals surface area contributed by atoms with Gasteiger partial charge in [0.1, 0.15) is 19.3 Å². The van der Waals surface area contributed by atoms with Gasteiger partial charge in [-0.05, 0) is 59.3 Å². The van der Waals surface area contributed by atoms with Crippen LogP contribution < -0.4 is 24.8 Å². The quantitative estimate of drug-likeness (QED) is 0.172. The molecule has 10 nitrogen and oxygen atoms in total. The van der Waals surface area contributed by atoms with E-state index in [0.717, 1.165) is 52.0 Å². The minimum atomic E-state index is -0.713. The van der Waals surface area contributed by atoms with E-state index in [2.05, 4.69) is 15.4 Å². The van der Waals surface area contributed by atoms with Crippen molar-refractivity contribution < 1.29 is 28.9 Å². The second-order valence-electron chi connectivity index (χ2n) is 10.6. The molecule has 3 aromatic rings. The van der Waals surface area contributed by atoms with Crippen LogP contribution in [0.25, 0.3) is 10.8 Å². The third-order valence-electron chi connectivity index (χ3n) is 7.57. The van der Waals surface area contributed by atoms with Crippen LogP contribution in [-0.4, -0.2) is 86.7 Å². The van der Waals surface area contributed by atoms with Crippen LogP contribution in [0.5, 0.6) is 11.5 Å². The fourth-order valence-corrected chi connectivity index (χ4v) is 5.98. The van der Waals surface area contributed by atoms with E-state index in [9.17, 15) is 14.7 Å². The Morgan fingerprint density at radius 1 is 0.930 bits per heavy atom. The van der Waals surface area contributed by atoms with E-state index in [0.29, 0.717) is 52.5 Å². The minimum absolute atomic E-state index is 0.00455. The molecule has 1 fully saturated rings. The van der Waals surface area contributed by atoms with Gasteiger partial charge in [0.25, 0.3) is 0 Å². The smallest absolute Gasteiger partial charge is 0.318 e. The van der Waals surface area contributed by atoms with Gasteiger partial charge in [0.15, 0.2) is 11.5 Å². The molecule has 0 aromatic heterocycles. The highest BCUT2D eigenvalue weighted by Gasteiger charge is 2.25. The summed E-state index contributed by atoms with van der Waals surface area (Å²) in [4.78, 5) is 29.1. The summed E-state index contributed by atoms with van der Waals surface area (Å²) < 4.78 is 19.9. The van der Waals surface area contributed by atoms with E-state index in [1.807, 2.05) is 60.7 Å². The van der Waals surface area contributed by atoms with Crippen molar-refractivity contribution in [3.63, 3.8) is 0 Å². The molecule has 2 aliphatic rings. The van der Waals surface area contributed by atoms with Crippen molar-refractivity contribution in [2.75, 3.05) is 52.7 Å². The fourth-order valence-electron chi connectivity index (χ4n) is 5.18. The van der Waals surface area contributed by atoms with E-state index in [1.54, 1.807) is 4.90 Å². The summed E-state index contributed by atoms with van der Waals surface area (Å²) in [5.74, 6) is 1.27. The number of urea groups is 1. The molecule has 3 amide bonds. The van der Waals surface area contributed by atoms with Crippen molar-refractivity contribution in [3.8, 4) is 11.5 Å². The second-order valence-corrected chi connectivity index (χ2v) is 11.5. The predicted molar refractivity (Wildman–Crippen MR) is 167 cm³/mol. The van der Waals surface area contributed by atoms with Crippen LogP contribution in [0.4, 0.5) is 4.79 Å². The molecule has 1 saturated heterocycles. The number of ether oxygens (including phenoxy) is 3. The number of hydrogen-bond acceptors (Lipinski definition) is 8. The molecular formula is C32H40N4O6S. The first kappa shape index (κ1) is 30.9. The summed E-state index contributed by atoms with van der Waals surface area (Å²) in [7, 11) is 0. The fraction of sp³-hybridized carbons (Fsp3) is 0.438. The minimum Gasteiger partial charge on any atom is -0.486 e. The van der Waals surface area contributed by atoms with Crippen molar-refractivity contribution in [2.24, 2.45) is 0 Å². The number of hydrogen-bond donors (Lipinski definition) is 4. The third kappa shape index (κ3) is 8.76. The Bertz CT molecular complexity index is 1360. The van der Waals surface area contributed by atoms with E-state index >= 15 is 0 Å². The molecule has 2 heterocycles. The first-order chi connectivity index (χ1) is 21.1. The zero-order valence-electron chi connectivity index (χ0n) is 24.3. The number of rotatable bonds is 13. The number of unbranched alkanes of at least 4 members (excludes halogenated alkanes) is 1. The van der Waals surface area contributed by atoms with Gasteiger partial charge in [-0.15, -0.1) is 0 Å². The molecule has 43 heavy (non-hydrogen) atoms. The Morgan fingerprint density at radius 3 is 2.56 bits per heavy atom. The molecule has 0 unspecified atom stereocenters. The number of nitrogens with zero attached hydrogens (tertiary/aromatic N) is 1. The number of aliphatic hydroxyl groups excluding tert-OH is 1. The monoisotopic (exact) mass is 608 g/mol. The normalized spacial score (nSPS) is 16.0. The van der Waals surface area contributed by atoms with Crippen LogP contribution in [0.2, 0.25) is 0 Å². The highest BCUT2D eigenvalue weighted by Crippen LogP contribution is 2.33. The number of fused-ring (bicyclic) bond motifs is 2. The summed E-state index contributed by atoms with van der Waals surface area (Å²) in [6.45, 7) is 3.56. The molecule has 0 spiro atoms. The molecule has 0 aliphatic carbocycles. The number of aliphatic hydroxyl groups is 1. The Labute approximate surface area is 256 Å².